The number of nitrogens with one attached hydrogen (secondary N) is 1. The lowest BCUT2D eigenvalue weighted by molar-refractivity contribution is 0.0603. The van der Waals surface area contributed by atoms with Gasteiger partial charge in [-0.25, -0.2) is 0 Å². The van der Waals surface area contributed by atoms with E-state index in [1.165, 1.54) is 5.56 Å². The Morgan fingerprint density at radius 2 is 2.00 bits per heavy atom. The van der Waals surface area contributed by atoms with Gasteiger partial charge >= 0.3 is 0 Å². The number of piperazine rings is 1. The van der Waals surface area contributed by atoms with Crippen molar-refractivity contribution in [1.82, 2.24) is 10.2 Å². The van der Waals surface area contributed by atoms with Crippen LogP contribution in [0.2, 0.25) is 0 Å². The predicted molar refractivity (Wildman–Crippen MR) is 93.5 cm³/mol. The summed E-state index contributed by atoms with van der Waals surface area (Å²) >= 11 is 1.90. The topological polar surface area (TPSA) is 32.3 Å². The van der Waals surface area contributed by atoms with Crippen molar-refractivity contribution in [2.24, 2.45) is 0 Å². The highest BCUT2D eigenvalue weighted by molar-refractivity contribution is 7.98. The van der Waals surface area contributed by atoms with Gasteiger partial charge in [0.15, 0.2) is 0 Å². The van der Waals surface area contributed by atoms with E-state index in [2.05, 4.69) is 38.2 Å². The summed E-state index contributed by atoms with van der Waals surface area (Å²) in [7, 11) is 0. The zero-order chi connectivity index (χ0) is 14.5. The van der Waals surface area contributed by atoms with Crippen molar-refractivity contribution < 1.29 is 4.79 Å². The lowest BCUT2D eigenvalue weighted by Crippen LogP contribution is -2.57. The molecule has 1 fully saturated rings. The van der Waals surface area contributed by atoms with Gasteiger partial charge in [0, 0.05) is 36.5 Å². The van der Waals surface area contributed by atoms with Gasteiger partial charge in [-0.1, -0.05) is 19.1 Å². The molecule has 0 spiro atoms. The summed E-state index contributed by atoms with van der Waals surface area (Å²) in [6.45, 7) is 8.08. The van der Waals surface area contributed by atoms with Crippen LogP contribution in [0.5, 0.6) is 0 Å². The third kappa shape index (κ3) is 4.63. The summed E-state index contributed by atoms with van der Waals surface area (Å²) in [4.78, 5) is 14.6. The number of nitrogens with zero attached hydrogens (tertiary/aromatic N) is 1. The number of benzene rings is 1. The molecule has 1 heterocycles. The van der Waals surface area contributed by atoms with E-state index in [9.17, 15) is 4.79 Å². The molecule has 2 unspecified atom stereocenters. The fourth-order valence-electron chi connectivity index (χ4n) is 2.47. The van der Waals surface area contributed by atoms with Crippen LogP contribution in [0, 0.1) is 0 Å². The fourth-order valence-corrected chi connectivity index (χ4v) is 3.10. The van der Waals surface area contributed by atoms with Gasteiger partial charge in [0.05, 0.1) is 0 Å². The number of amides is 1. The molecule has 0 aromatic heterocycles. The molecule has 3 nitrogen and oxygen atoms in total. The summed E-state index contributed by atoms with van der Waals surface area (Å²) < 4.78 is 0. The number of thioether (sulfide) groups is 1. The number of hydrogen-bond acceptors (Lipinski definition) is 3. The molecule has 1 aliphatic heterocycles. The molecule has 21 heavy (non-hydrogen) atoms. The molecule has 0 radical (unpaired) electrons. The Labute approximate surface area is 138 Å². The molecule has 0 saturated carbocycles. The van der Waals surface area contributed by atoms with Crippen molar-refractivity contribution in [1.29, 1.82) is 0 Å². The van der Waals surface area contributed by atoms with Crippen molar-refractivity contribution >= 4 is 30.1 Å². The molecular weight excluding hydrogens is 304 g/mol. The highest BCUT2D eigenvalue weighted by Gasteiger charge is 2.28. The van der Waals surface area contributed by atoms with Crippen LogP contribution in [0.25, 0.3) is 0 Å². The molecule has 1 aromatic rings. The quantitative estimate of drug-likeness (QED) is 0.921. The van der Waals surface area contributed by atoms with Gasteiger partial charge in [-0.2, -0.15) is 11.8 Å². The maximum absolute atomic E-state index is 12.6. The number of carbonyl (C=O) groups is 1. The third-order valence-electron chi connectivity index (χ3n) is 3.97. The third-order valence-corrected chi connectivity index (χ3v) is 4.91. The smallest absolute Gasteiger partial charge is 0.254 e. The van der Waals surface area contributed by atoms with Crippen LogP contribution < -0.4 is 5.32 Å². The van der Waals surface area contributed by atoms with E-state index in [0.29, 0.717) is 6.04 Å². The summed E-state index contributed by atoms with van der Waals surface area (Å²) in [6.07, 6.45) is 0. The van der Waals surface area contributed by atoms with Gasteiger partial charge < -0.3 is 10.2 Å². The second kappa shape index (κ2) is 8.66. The second-order valence-corrected chi connectivity index (χ2v) is 6.59. The lowest BCUT2D eigenvalue weighted by Gasteiger charge is -2.38. The first kappa shape index (κ1) is 18.3. The molecule has 5 heteroatoms. The standard InChI is InChI=1S/C16H24N2OS.ClH/c1-4-20-11-14-5-7-15(8-6-14)16(19)18-10-9-17-12(2)13(18)3;/h5-8,12-13,17H,4,9-11H2,1-3H3;1H. The monoisotopic (exact) mass is 328 g/mol. The fraction of sp³-hybridized carbons (Fsp3) is 0.562. The van der Waals surface area contributed by atoms with Crippen molar-refractivity contribution in [2.75, 3.05) is 18.8 Å². The molecule has 1 saturated heterocycles. The zero-order valence-corrected chi connectivity index (χ0v) is 14.6. The van der Waals surface area contributed by atoms with Crippen LogP contribution >= 0.6 is 24.2 Å². The van der Waals surface area contributed by atoms with Crippen LogP contribution in [-0.2, 0) is 5.75 Å². The van der Waals surface area contributed by atoms with Crippen LogP contribution in [0.1, 0.15) is 36.7 Å². The maximum Gasteiger partial charge on any atom is 0.254 e. The molecule has 1 N–H and O–H groups in total. The molecule has 0 bridgehead atoms. The number of carbonyl (C=O) groups excluding carboxylic acids is 1. The largest absolute Gasteiger partial charge is 0.333 e. The Hall–Kier alpha value is -0.710. The van der Waals surface area contributed by atoms with Crippen LogP contribution in [0.3, 0.4) is 0 Å². The van der Waals surface area contributed by atoms with Gasteiger partial charge in [-0.05, 0) is 37.3 Å². The van der Waals surface area contributed by atoms with Crippen molar-refractivity contribution in [2.45, 2.75) is 38.6 Å². The van der Waals surface area contributed by atoms with Crippen molar-refractivity contribution in [3.05, 3.63) is 35.4 Å². The Morgan fingerprint density at radius 1 is 1.33 bits per heavy atom. The first-order valence-corrected chi connectivity index (χ1v) is 8.50. The van der Waals surface area contributed by atoms with Gasteiger partial charge in [0.1, 0.15) is 0 Å². The van der Waals surface area contributed by atoms with E-state index in [1.54, 1.807) is 0 Å². The van der Waals surface area contributed by atoms with Crippen molar-refractivity contribution in [3.63, 3.8) is 0 Å². The number of hydrogen-bond donors (Lipinski definition) is 1. The summed E-state index contributed by atoms with van der Waals surface area (Å²) in [5.41, 5.74) is 2.09. The summed E-state index contributed by atoms with van der Waals surface area (Å²) in [5.74, 6) is 2.30. The lowest BCUT2D eigenvalue weighted by atomic mass is 10.0. The molecule has 0 aliphatic carbocycles. The van der Waals surface area contributed by atoms with E-state index in [0.717, 1.165) is 30.2 Å². The molecule has 1 aliphatic rings. The minimum absolute atomic E-state index is 0. The molecule has 1 amide bonds. The first-order valence-electron chi connectivity index (χ1n) is 7.34. The predicted octanol–water partition coefficient (Wildman–Crippen LogP) is 3.18. The average Bonchev–Trinajstić information content (AvgIpc) is 2.48. The molecule has 1 aromatic carbocycles. The van der Waals surface area contributed by atoms with Gasteiger partial charge in [-0.3, -0.25) is 4.79 Å². The minimum atomic E-state index is 0. The van der Waals surface area contributed by atoms with E-state index < -0.39 is 0 Å². The first-order chi connectivity index (χ1) is 9.63. The Balaban J connectivity index is 0.00000220. The summed E-state index contributed by atoms with van der Waals surface area (Å²) in [6, 6.07) is 8.68. The molecule has 2 rings (SSSR count). The number of rotatable bonds is 4. The highest BCUT2D eigenvalue weighted by atomic mass is 35.5. The second-order valence-electron chi connectivity index (χ2n) is 5.32. The van der Waals surface area contributed by atoms with Gasteiger partial charge in [-0.15, -0.1) is 12.4 Å². The normalized spacial score (nSPS) is 21.8. The average molecular weight is 329 g/mol. The van der Waals surface area contributed by atoms with E-state index >= 15 is 0 Å². The minimum Gasteiger partial charge on any atom is -0.333 e. The van der Waals surface area contributed by atoms with E-state index in [1.807, 2.05) is 28.8 Å². The van der Waals surface area contributed by atoms with E-state index in [-0.39, 0.29) is 24.4 Å². The molecule has 118 valence electrons. The number of halogens is 1. The maximum atomic E-state index is 12.6. The molecule has 2 atom stereocenters. The molecular formula is C16H25ClN2OS. The highest BCUT2D eigenvalue weighted by Crippen LogP contribution is 2.16. The van der Waals surface area contributed by atoms with Gasteiger partial charge in [0.2, 0.25) is 0 Å². The Kier molecular flexibility index (Phi) is 7.57. The Morgan fingerprint density at radius 3 is 2.62 bits per heavy atom. The SMILES string of the molecule is CCSCc1ccc(C(=O)N2CCNC(C)C2C)cc1.Cl. The van der Waals surface area contributed by atoms with Gasteiger partial charge in [0.25, 0.3) is 5.91 Å². The Bertz CT molecular complexity index is 452. The van der Waals surface area contributed by atoms with Crippen molar-refractivity contribution in [3.8, 4) is 0 Å². The van der Waals surface area contributed by atoms with Crippen LogP contribution in [-0.4, -0.2) is 41.7 Å². The zero-order valence-electron chi connectivity index (χ0n) is 13.0. The van der Waals surface area contributed by atoms with E-state index in [4.69, 9.17) is 0 Å². The van der Waals surface area contributed by atoms with Crippen LogP contribution in [0.4, 0.5) is 0 Å². The summed E-state index contributed by atoms with van der Waals surface area (Å²) in [5, 5.41) is 3.40. The van der Waals surface area contributed by atoms with Crippen LogP contribution in [0.15, 0.2) is 24.3 Å².